The summed E-state index contributed by atoms with van der Waals surface area (Å²) in [5.41, 5.74) is 4.20. The molecule has 4 heteroatoms. The smallest absolute Gasteiger partial charge is 0.310 e. The molecule has 3 rings (SSSR count). The van der Waals surface area contributed by atoms with E-state index in [1.165, 1.54) is 28.8 Å². The van der Waals surface area contributed by atoms with Gasteiger partial charge in [0.2, 0.25) is 0 Å². The zero-order valence-corrected chi connectivity index (χ0v) is 14.9. The highest BCUT2D eigenvalue weighted by molar-refractivity contribution is 5.58. The van der Waals surface area contributed by atoms with Crippen molar-refractivity contribution in [2.45, 2.75) is 44.8 Å². The van der Waals surface area contributed by atoms with Gasteiger partial charge in [0.05, 0.1) is 5.56 Å². The van der Waals surface area contributed by atoms with Gasteiger partial charge in [-0.15, -0.1) is 0 Å². The average molecular weight is 359 g/mol. The number of benzene rings is 2. The molecule has 1 unspecified atom stereocenters. The second-order valence-corrected chi connectivity index (χ2v) is 6.83. The second kappa shape index (κ2) is 8.09. The molecule has 0 aliphatic heterocycles. The van der Waals surface area contributed by atoms with E-state index in [0.29, 0.717) is 6.42 Å². The van der Waals surface area contributed by atoms with Crippen molar-refractivity contribution in [3.05, 3.63) is 76.4 Å². The third kappa shape index (κ3) is 4.55. The Kier molecular flexibility index (Phi) is 5.82. The predicted octanol–water partition coefficient (Wildman–Crippen LogP) is 5.95. The topological polar surface area (TPSA) is 12.0 Å². The molecule has 138 valence electrons. The summed E-state index contributed by atoms with van der Waals surface area (Å²) in [4.78, 5) is 0. The number of nitrogens with one attached hydrogen (secondary N) is 1. The Labute approximate surface area is 152 Å². The van der Waals surface area contributed by atoms with Crippen LogP contribution in [-0.2, 0) is 19.0 Å². The molecule has 0 bridgehead atoms. The van der Waals surface area contributed by atoms with Gasteiger partial charge < -0.3 is 5.32 Å². The van der Waals surface area contributed by atoms with Crippen molar-refractivity contribution in [3.63, 3.8) is 0 Å². The van der Waals surface area contributed by atoms with Gasteiger partial charge in [-0.3, -0.25) is 0 Å². The molecule has 0 amide bonds. The molecular weight excluding hydrogens is 335 g/mol. The number of aryl methyl sites for hydroxylation is 1. The van der Waals surface area contributed by atoms with Crippen molar-refractivity contribution < 1.29 is 13.2 Å². The zero-order chi connectivity index (χ0) is 18.6. The van der Waals surface area contributed by atoms with Gasteiger partial charge in [-0.1, -0.05) is 48.6 Å². The molecule has 0 heterocycles. The highest BCUT2D eigenvalue weighted by Gasteiger charge is 2.30. The van der Waals surface area contributed by atoms with E-state index in [1.807, 2.05) is 0 Å². The number of hydrogen-bond donors (Lipinski definition) is 1. The first-order valence-electron chi connectivity index (χ1n) is 9.13. The van der Waals surface area contributed by atoms with Crippen LogP contribution < -0.4 is 5.32 Å². The van der Waals surface area contributed by atoms with E-state index in [2.05, 4.69) is 42.6 Å². The minimum atomic E-state index is -4.27. The van der Waals surface area contributed by atoms with Crippen molar-refractivity contribution in [2.24, 2.45) is 0 Å². The summed E-state index contributed by atoms with van der Waals surface area (Å²) in [6.07, 6.45) is 3.70. The Bertz CT molecular complexity index is 777. The molecule has 2 aromatic rings. The fraction of sp³-hybridized carbons (Fsp3) is 0.364. The molecule has 1 atom stereocenters. The molecular formula is C22H24F3N. The minimum absolute atomic E-state index is 0.234. The quantitative estimate of drug-likeness (QED) is 0.629. The maximum Gasteiger partial charge on any atom is 0.416 e. The summed E-state index contributed by atoms with van der Waals surface area (Å²) in [5, 5.41) is 3.52. The van der Waals surface area contributed by atoms with Gasteiger partial charge in [0, 0.05) is 6.04 Å². The maximum absolute atomic E-state index is 12.8. The van der Waals surface area contributed by atoms with E-state index in [-0.39, 0.29) is 6.04 Å². The largest absolute Gasteiger partial charge is 0.416 e. The van der Waals surface area contributed by atoms with Crippen LogP contribution in [-0.4, -0.2) is 6.54 Å². The summed E-state index contributed by atoms with van der Waals surface area (Å²) in [6, 6.07) is 12.3. The fourth-order valence-electron chi connectivity index (χ4n) is 3.54. The maximum atomic E-state index is 12.8. The summed E-state index contributed by atoms with van der Waals surface area (Å²) in [5.74, 6) is 0. The van der Waals surface area contributed by atoms with Crippen LogP contribution in [0.15, 0.2) is 48.5 Å². The van der Waals surface area contributed by atoms with Crippen LogP contribution in [0.25, 0.3) is 6.08 Å². The fourth-order valence-corrected chi connectivity index (χ4v) is 3.54. The van der Waals surface area contributed by atoms with Crippen molar-refractivity contribution in [3.8, 4) is 0 Å². The molecule has 0 aromatic heterocycles. The molecule has 1 aliphatic rings. The van der Waals surface area contributed by atoms with Gasteiger partial charge in [0.15, 0.2) is 0 Å². The molecule has 0 saturated heterocycles. The first-order chi connectivity index (χ1) is 12.4. The molecule has 0 spiro atoms. The first-order valence-corrected chi connectivity index (χ1v) is 9.13. The molecule has 26 heavy (non-hydrogen) atoms. The molecule has 1 N–H and O–H groups in total. The average Bonchev–Trinajstić information content (AvgIpc) is 2.64. The number of hydrogen-bond acceptors (Lipinski definition) is 1. The van der Waals surface area contributed by atoms with Crippen molar-refractivity contribution in [1.29, 1.82) is 0 Å². The van der Waals surface area contributed by atoms with E-state index in [1.54, 1.807) is 6.07 Å². The number of alkyl halides is 3. The Morgan fingerprint density at radius 3 is 2.73 bits per heavy atom. The SMILES string of the molecule is CC(NCCCc1cccc(C(F)(F)F)c1)c1cccc2c1CCC=C2. The van der Waals surface area contributed by atoms with Crippen molar-refractivity contribution >= 4 is 6.08 Å². The van der Waals surface area contributed by atoms with E-state index in [0.717, 1.165) is 37.4 Å². The van der Waals surface area contributed by atoms with Crippen LogP contribution in [0.5, 0.6) is 0 Å². The van der Waals surface area contributed by atoms with Crippen LogP contribution in [0, 0.1) is 0 Å². The third-order valence-electron chi connectivity index (χ3n) is 4.92. The standard InChI is InChI=1S/C22H24F3N/c1-16(20-13-5-10-18-9-2-3-12-21(18)20)26-14-6-8-17-7-4-11-19(15-17)22(23,24)25/h2,4-5,7,9-11,13,15-16,26H,3,6,8,12,14H2,1H3. The van der Waals surface area contributed by atoms with Crippen molar-refractivity contribution in [1.82, 2.24) is 5.32 Å². The Hall–Kier alpha value is -2.07. The summed E-state index contributed by atoms with van der Waals surface area (Å²) in [7, 11) is 0. The van der Waals surface area contributed by atoms with Crippen LogP contribution in [0.4, 0.5) is 13.2 Å². The lowest BCUT2D eigenvalue weighted by molar-refractivity contribution is -0.137. The van der Waals surface area contributed by atoms with Crippen LogP contribution >= 0.6 is 0 Å². The molecule has 0 fully saturated rings. The highest BCUT2D eigenvalue weighted by atomic mass is 19.4. The van der Waals surface area contributed by atoms with Gasteiger partial charge in [0.1, 0.15) is 0 Å². The zero-order valence-electron chi connectivity index (χ0n) is 14.9. The summed E-state index contributed by atoms with van der Waals surface area (Å²) in [6.45, 7) is 2.93. The highest BCUT2D eigenvalue weighted by Crippen LogP contribution is 2.30. The van der Waals surface area contributed by atoms with Crippen LogP contribution in [0.2, 0.25) is 0 Å². The van der Waals surface area contributed by atoms with Crippen LogP contribution in [0.1, 0.15) is 53.6 Å². The first kappa shape index (κ1) is 18.7. The molecule has 0 saturated carbocycles. The second-order valence-electron chi connectivity index (χ2n) is 6.83. The number of rotatable bonds is 6. The minimum Gasteiger partial charge on any atom is -0.310 e. The van der Waals surface area contributed by atoms with E-state index < -0.39 is 11.7 Å². The molecule has 1 nitrogen and oxygen atoms in total. The predicted molar refractivity (Wildman–Crippen MR) is 100.0 cm³/mol. The van der Waals surface area contributed by atoms with Gasteiger partial charge >= 0.3 is 6.18 Å². The lowest BCUT2D eigenvalue weighted by Gasteiger charge is -2.21. The Morgan fingerprint density at radius 1 is 1.12 bits per heavy atom. The molecule has 2 aromatic carbocycles. The van der Waals surface area contributed by atoms with Gasteiger partial charge in [-0.25, -0.2) is 0 Å². The van der Waals surface area contributed by atoms with E-state index in [9.17, 15) is 13.2 Å². The monoisotopic (exact) mass is 359 g/mol. The number of halogens is 3. The number of fused-ring (bicyclic) bond motifs is 1. The normalized spacial score (nSPS) is 14.9. The Morgan fingerprint density at radius 2 is 1.92 bits per heavy atom. The third-order valence-corrected chi connectivity index (χ3v) is 4.92. The lowest BCUT2D eigenvalue weighted by atomic mass is 9.90. The summed E-state index contributed by atoms with van der Waals surface area (Å²) >= 11 is 0. The summed E-state index contributed by atoms with van der Waals surface area (Å²) < 4.78 is 38.3. The Balaban J connectivity index is 1.54. The molecule has 0 radical (unpaired) electrons. The lowest BCUT2D eigenvalue weighted by Crippen LogP contribution is -2.22. The van der Waals surface area contributed by atoms with E-state index in [4.69, 9.17) is 0 Å². The number of allylic oxidation sites excluding steroid dienone is 1. The van der Waals surface area contributed by atoms with Gasteiger partial charge in [-0.05, 0) is 67.5 Å². The van der Waals surface area contributed by atoms with Crippen LogP contribution in [0.3, 0.4) is 0 Å². The van der Waals surface area contributed by atoms with Gasteiger partial charge in [-0.2, -0.15) is 13.2 Å². The van der Waals surface area contributed by atoms with E-state index >= 15 is 0 Å². The molecule has 1 aliphatic carbocycles. The van der Waals surface area contributed by atoms with Gasteiger partial charge in [0.25, 0.3) is 0 Å². The van der Waals surface area contributed by atoms with Crippen molar-refractivity contribution in [2.75, 3.05) is 6.54 Å².